The van der Waals surface area contributed by atoms with E-state index in [2.05, 4.69) is 30.3 Å². The molecule has 0 aromatic heterocycles. The molecule has 0 spiro atoms. The highest BCUT2D eigenvalue weighted by molar-refractivity contribution is 7.95. The largest absolute Gasteiger partial charge is 0.421 e. The van der Waals surface area contributed by atoms with Gasteiger partial charge in [-0.15, -0.1) is 0 Å². The Hall–Kier alpha value is -3.06. The molecule has 0 heterocycles. The summed E-state index contributed by atoms with van der Waals surface area (Å²) >= 11 is 1.21. The smallest absolute Gasteiger partial charge is 0.294 e. The van der Waals surface area contributed by atoms with Crippen molar-refractivity contribution in [2.24, 2.45) is 0 Å². The Balaban J connectivity index is 1.70. The number of rotatable bonds is 6. The second kappa shape index (κ2) is 8.75. The molecule has 30 heavy (non-hydrogen) atoms. The lowest BCUT2D eigenvalue weighted by Gasteiger charge is -2.15. The summed E-state index contributed by atoms with van der Waals surface area (Å²) in [6.07, 6.45) is 0. The number of benzene rings is 4. The van der Waals surface area contributed by atoms with Crippen LogP contribution in [0.3, 0.4) is 0 Å². The zero-order chi connectivity index (χ0) is 21.0. The van der Waals surface area contributed by atoms with Crippen molar-refractivity contribution >= 4 is 22.2 Å². The van der Waals surface area contributed by atoms with Crippen LogP contribution in [0.5, 0.6) is 5.75 Å². The summed E-state index contributed by atoms with van der Waals surface area (Å²) in [5.74, 6) is 0.483. The Morgan fingerprint density at radius 1 is 0.667 bits per heavy atom. The molecule has 4 rings (SSSR count). The van der Waals surface area contributed by atoms with Gasteiger partial charge in [-0.3, -0.25) is 4.55 Å². The van der Waals surface area contributed by atoms with Crippen molar-refractivity contribution in [2.45, 2.75) is 9.79 Å². The van der Waals surface area contributed by atoms with E-state index in [4.69, 9.17) is 8.74 Å². The maximum absolute atomic E-state index is 11.2. The van der Waals surface area contributed by atoms with Crippen LogP contribution < -0.4 is 4.18 Å². The lowest BCUT2D eigenvalue weighted by Crippen LogP contribution is -1.97. The highest BCUT2D eigenvalue weighted by Crippen LogP contribution is 2.40. The summed E-state index contributed by atoms with van der Waals surface area (Å²) in [7, 11) is -4.23. The van der Waals surface area contributed by atoms with Crippen LogP contribution in [0.1, 0.15) is 0 Å². The number of hydrogen-bond donors (Lipinski definition) is 1. The average molecular weight is 435 g/mol. The third kappa shape index (κ3) is 4.57. The van der Waals surface area contributed by atoms with Gasteiger partial charge in [0.25, 0.3) is 10.1 Å². The maximum Gasteiger partial charge on any atom is 0.294 e. The summed E-state index contributed by atoms with van der Waals surface area (Å²) in [6, 6.07) is 32.0. The van der Waals surface area contributed by atoms with Crippen LogP contribution in [0.2, 0.25) is 0 Å². The van der Waals surface area contributed by atoms with Gasteiger partial charge >= 0.3 is 0 Å². The Morgan fingerprint density at radius 3 is 1.87 bits per heavy atom. The molecule has 0 atom stereocenters. The molecule has 0 saturated carbocycles. The fourth-order valence-corrected chi connectivity index (χ4v) is 4.34. The van der Waals surface area contributed by atoms with Crippen molar-refractivity contribution in [3.8, 4) is 28.0 Å². The van der Waals surface area contributed by atoms with Gasteiger partial charge in [0.2, 0.25) is 0 Å². The summed E-state index contributed by atoms with van der Waals surface area (Å²) in [4.78, 5) is 0.761. The van der Waals surface area contributed by atoms with E-state index in [9.17, 15) is 8.42 Å². The van der Waals surface area contributed by atoms with E-state index in [-0.39, 0.29) is 4.90 Å². The van der Waals surface area contributed by atoms with Gasteiger partial charge in [-0.25, -0.2) is 0 Å². The summed E-state index contributed by atoms with van der Waals surface area (Å²) in [6.45, 7) is 0. The highest BCUT2D eigenvalue weighted by Gasteiger charge is 2.14. The molecule has 0 fully saturated rings. The maximum atomic E-state index is 11.2. The van der Waals surface area contributed by atoms with Crippen LogP contribution in [0, 0.1) is 0 Å². The summed E-state index contributed by atoms with van der Waals surface area (Å²) in [5, 5.41) is 0. The molecule has 4 aromatic carbocycles. The molecule has 0 bridgehead atoms. The van der Waals surface area contributed by atoms with Gasteiger partial charge < -0.3 is 4.18 Å². The average Bonchev–Trinajstić information content (AvgIpc) is 2.78. The van der Waals surface area contributed by atoms with E-state index in [1.54, 1.807) is 0 Å². The molecule has 4 nitrogen and oxygen atoms in total. The van der Waals surface area contributed by atoms with Crippen LogP contribution in [0.25, 0.3) is 22.3 Å². The normalized spacial score (nSPS) is 11.2. The highest BCUT2D eigenvalue weighted by atomic mass is 32.2. The molecular formula is C24H18O4S2. The molecule has 4 aromatic rings. The van der Waals surface area contributed by atoms with Crippen molar-refractivity contribution in [3.05, 3.63) is 103 Å². The van der Waals surface area contributed by atoms with Gasteiger partial charge in [0, 0.05) is 5.56 Å². The van der Waals surface area contributed by atoms with Crippen molar-refractivity contribution in [1.29, 1.82) is 0 Å². The van der Waals surface area contributed by atoms with Gasteiger partial charge in [-0.1, -0.05) is 72.8 Å². The molecule has 6 heteroatoms. The molecule has 0 aliphatic heterocycles. The van der Waals surface area contributed by atoms with Crippen LogP contribution in [-0.4, -0.2) is 13.0 Å². The Morgan fingerprint density at radius 2 is 1.27 bits per heavy atom. The summed E-state index contributed by atoms with van der Waals surface area (Å²) in [5.41, 5.74) is 4.34. The monoisotopic (exact) mass is 434 g/mol. The van der Waals surface area contributed by atoms with Crippen molar-refractivity contribution in [2.75, 3.05) is 0 Å². The van der Waals surface area contributed by atoms with E-state index >= 15 is 0 Å². The summed E-state index contributed by atoms with van der Waals surface area (Å²) < 4.78 is 37.4. The van der Waals surface area contributed by atoms with Gasteiger partial charge in [0.15, 0.2) is 0 Å². The van der Waals surface area contributed by atoms with Gasteiger partial charge in [-0.05, 0) is 47.0 Å². The first-order chi connectivity index (χ1) is 14.5. The van der Waals surface area contributed by atoms with Crippen molar-refractivity contribution < 1.29 is 17.2 Å². The standard InChI is InChI=1S/C24H18O4S2/c25-30(26,27)21-16-14-20(15-17-21)28-29-23-13-7-12-22(18-8-3-1-4-9-18)24(23)19-10-5-2-6-11-19/h1-17H,(H,25,26,27). The van der Waals surface area contributed by atoms with E-state index in [0.29, 0.717) is 5.75 Å². The molecule has 0 aliphatic carbocycles. The fourth-order valence-electron chi connectivity index (χ4n) is 3.12. The predicted molar refractivity (Wildman–Crippen MR) is 120 cm³/mol. The van der Waals surface area contributed by atoms with Crippen LogP contribution in [0.4, 0.5) is 0 Å². The van der Waals surface area contributed by atoms with E-state index < -0.39 is 10.1 Å². The molecule has 0 unspecified atom stereocenters. The molecule has 0 saturated heterocycles. The van der Waals surface area contributed by atoms with Crippen LogP contribution in [-0.2, 0) is 10.1 Å². The molecule has 0 amide bonds. The quantitative estimate of drug-likeness (QED) is 0.283. The zero-order valence-electron chi connectivity index (χ0n) is 15.8. The van der Waals surface area contributed by atoms with E-state index in [1.165, 1.54) is 36.3 Å². The first-order valence-electron chi connectivity index (χ1n) is 9.18. The van der Waals surface area contributed by atoms with E-state index in [1.807, 2.05) is 48.5 Å². The molecule has 150 valence electrons. The van der Waals surface area contributed by atoms with Crippen molar-refractivity contribution in [3.63, 3.8) is 0 Å². The molecule has 0 aliphatic rings. The lowest BCUT2D eigenvalue weighted by molar-refractivity contribution is 0.483. The van der Waals surface area contributed by atoms with Crippen molar-refractivity contribution in [1.82, 2.24) is 0 Å². The Kier molecular flexibility index (Phi) is 5.90. The molecule has 1 N–H and O–H groups in total. The minimum Gasteiger partial charge on any atom is -0.421 e. The third-order valence-electron chi connectivity index (χ3n) is 4.52. The van der Waals surface area contributed by atoms with Crippen LogP contribution >= 0.6 is 12.0 Å². The first kappa shape index (κ1) is 20.2. The second-order valence-electron chi connectivity index (χ2n) is 6.52. The SMILES string of the molecule is O=S(=O)(O)c1ccc(OSc2cccc(-c3ccccc3)c2-c2ccccc2)cc1. The third-order valence-corrected chi connectivity index (χ3v) is 6.19. The Labute approximate surface area is 180 Å². The number of hydrogen-bond acceptors (Lipinski definition) is 4. The fraction of sp³-hybridized carbons (Fsp3) is 0. The van der Waals surface area contributed by atoms with Crippen LogP contribution in [0.15, 0.2) is 113 Å². The first-order valence-corrected chi connectivity index (χ1v) is 11.4. The van der Waals surface area contributed by atoms with Gasteiger partial charge in [0.05, 0.1) is 21.8 Å². The van der Waals surface area contributed by atoms with Gasteiger partial charge in [0.1, 0.15) is 5.75 Å². The Bertz CT molecular complexity index is 1240. The molecule has 0 radical (unpaired) electrons. The second-order valence-corrected chi connectivity index (χ2v) is 8.72. The topological polar surface area (TPSA) is 63.6 Å². The lowest BCUT2D eigenvalue weighted by atomic mass is 9.94. The minimum atomic E-state index is -4.23. The minimum absolute atomic E-state index is 0.170. The van der Waals surface area contributed by atoms with Gasteiger partial charge in [-0.2, -0.15) is 8.42 Å². The molecular weight excluding hydrogens is 416 g/mol. The van der Waals surface area contributed by atoms with E-state index in [0.717, 1.165) is 27.1 Å². The zero-order valence-corrected chi connectivity index (χ0v) is 17.4. The predicted octanol–water partition coefficient (Wildman–Crippen LogP) is 6.35.